The second-order valence-electron chi connectivity index (χ2n) is 6.10. The van der Waals surface area contributed by atoms with Crippen molar-refractivity contribution in [3.05, 3.63) is 0 Å². The molecule has 1 fully saturated rings. The maximum absolute atomic E-state index is 11.3. The topological polar surface area (TPSA) is 37.3 Å². The molecule has 0 aromatic carbocycles. The molecule has 1 rings (SSSR count). The molecule has 0 bridgehead atoms. The number of rotatable bonds is 1. The van der Waals surface area contributed by atoms with Crippen molar-refractivity contribution in [2.24, 2.45) is 16.7 Å². The second-order valence-corrected chi connectivity index (χ2v) is 6.10. The van der Waals surface area contributed by atoms with Crippen LogP contribution in [0.25, 0.3) is 0 Å². The van der Waals surface area contributed by atoms with E-state index in [2.05, 4.69) is 27.7 Å². The van der Waals surface area contributed by atoms with Gasteiger partial charge in [0, 0.05) is 0 Å². The largest absolute Gasteiger partial charge is 0.481 e. The molecule has 1 atom stereocenters. The van der Waals surface area contributed by atoms with Crippen molar-refractivity contribution in [1.29, 1.82) is 0 Å². The molecule has 0 radical (unpaired) electrons. The molecule has 0 spiro atoms. The van der Waals surface area contributed by atoms with Gasteiger partial charge >= 0.3 is 5.97 Å². The molecule has 15 heavy (non-hydrogen) atoms. The van der Waals surface area contributed by atoms with Gasteiger partial charge < -0.3 is 5.11 Å². The van der Waals surface area contributed by atoms with Gasteiger partial charge in [0.1, 0.15) is 0 Å². The molecular formula is C13H24O2. The minimum absolute atomic E-state index is 0.112. The van der Waals surface area contributed by atoms with Crippen LogP contribution in [-0.2, 0) is 4.79 Å². The number of carboxylic acid groups (broad SMARTS) is 1. The highest BCUT2D eigenvalue weighted by Gasteiger charge is 2.46. The fourth-order valence-corrected chi connectivity index (χ4v) is 2.68. The van der Waals surface area contributed by atoms with Crippen LogP contribution in [0.3, 0.4) is 0 Å². The van der Waals surface area contributed by atoms with Crippen LogP contribution < -0.4 is 0 Å². The van der Waals surface area contributed by atoms with Gasteiger partial charge in [0.25, 0.3) is 0 Å². The zero-order valence-corrected chi connectivity index (χ0v) is 10.5. The summed E-state index contributed by atoms with van der Waals surface area (Å²) in [5.74, 6) is -0.803. The average molecular weight is 212 g/mol. The van der Waals surface area contributed by atoms with Crippen molar-refractivity contribution in [3.63, 3.8) is 0 Å². The predicted molar refractivity (Wildman–Crippen MR) is 61.8 cm³/mol. The Morgan fingerprint density at radius 3 is 2.27 bits per heavy atom. The Balaban J connectivity index is 2.98. The number of aliphatic carboxylic acids is 1. The lowest BCUT2D eigenvalue weighted by Crippen LogP contribution is -2.43. The molecule has 0 aromatic rings. The Morgan fingerprint density at radius 1 is 1.13 bits per heavy atom. The zero-order valence-electron chi connectivity index (χ0n) is 10.5. The molecule has 1 N–H and O–H groups in total. The van der Waals surface area contributed by atoms with Crippen LogP contribution in [0.5, 0.6) is 0 Å². The van der Waals surface area contributed by atoms with Gasteiger partial charge in [-0.3, -0.25) is 4.79 Å². The van der Waals surface area contributed by atoms with E-state index in [4.69, 9.17) is 0 Å². The van der Waals surface area contributed by atoms with E-state index >= 15 is 0 Å². The van der Waals surface area contributed by atoms with E-state index in [1.165, 1.54) is 12.8 Å². The van der Waals surface area contributed by atoms with Crippen LogP contribution in [0, 0.1) is 16.7 Å². The molecule has 2 heteroatoms. The summed E-state index contributed by atoms with van der Waals surface area (Å²) in [7, 11) is 0. The lowest BCUT2D eigenvalue weighted by atomic mass is 9.57. The molecule has 2 nitrogen and oxygen atoms in total. The Bertz CT molecular complexity index is 241. The van der Waals surface area contributed by atoms with E-state index in [0.717, 1.165) is 19.3 Å². The van der Waals surface area contributed by atoms with Crippen LogP contribution in [-0.4, -0.2) is 11.1 Å². The first-order valence-corrected chi connectivity index (χ1v) is 6.02. The third-order valence-electron chi connectivity index (χ3n) is 4.71. The maximum atomic E-state index is 11.3. The van der Waals surface area contributed by atoms with Crippen molar-refractivity contribution in [2.45, 2.75) is 59.8 Å². The second kappa shape index (κ2) is 4.15. The SMILES string of the molecule is CC1(C)CCCCCC(C(=O)O)C1(C)C. The molecular weight excluding hydrogens is 188 g/mol. The quantitative estimate of drug-likeness (QED) is 0.719. The summed E-state index contributed by atoms with van der Waals surface area (Å²) in [4.78, 5) is 11.3. The molecule has 1 aliphatic rings. The van der Waals surface area contributed by atoms with Crippen molar-refractivity contribution in [2.75, 3.05) is 0 Å². The maximum Gasteiger partial charge on any atom is 0.307 e. The average Bonchev–Trinajstić information content (AvgIpc) is 2.07. The summed E-state index contributed by atoms with van der Waals surface area (Å²) >= 11 is 0. The van der Waals surface area contributed by atoms with Gasteiger partial charge in [-0.2, -0.15) is 0 Å². The molecule has 88 valence electrons. The van der Waals surface area contributed by atoms with Gasteiger partial charge in [-0.25, -0.2) is 0 Å². The lowest BCUT2D eigenvalue weighted by molar-refractivity contribution is -0.151. The van der Waals surface area contributed by atoms with Gasteiger partial charge in [0.2, 0.25) is 0 Å². The van der Waals surface area contributed by atoms with Crippen LogP contribution in [0.15, 0.2) is 0 Å². The van der Waals surface area contributed by atoms with Crippen LogP contribution in [0.4, 0.5) is 0 Å². The van der Waals surface area contributed by atoms with Crippen molar-refractivity contribution >= 4 is 5.97 Å². The van der Waals surface area contributed by atoms with E-state index in [0.29, 0.717) is 0 Å². The molecule has 1 aliphatic carbocycles. The normalized spacial score (nSPS) is 30.3. The molecule has 0 saturated heterocycles. The van der Waals surface area contributed by atoms with Gasteiger partial charge in [-0.1, -0.05) is 47.0 Å². The first kappa shape index (κ1) is 12.5. The summed E-state index contributed by atoms with van der Waals surface area (Å²) in [5.41, 5.74) is 0.00965. The monoisotopic (exact) mass is 212 g/mol. The first-order valence-electron chi connectivity index (χ1n) is 6.02. The zero-order chi connectivity index (χ0) is 11.7. The van der Waals surface area contributed by atoms with Gasteiger partial charge in [-0.15, -0.1) is 0 Å². The molecule has 1 saturated carbocycles. The fourth-order valence-electron chi connectivity index (χ4n) is 2.68. The third-order valence-corrected chi connectivity index (χ3v) is 4.71. The van der Waals surface area contributed by atoms with Crippen molar-refractivity contribution < 1.29 is 9.90 Å². The molecule has 0 aromatic heterocycles. The summed E-state index contributed by atoms with van der Waals surface area (Å²) in [6.07, 6.45) is 5.47. The van der Waals surface area contributed by atoms with E-state index in [1.54, 1.807) is 0 Å². The first-order chi connectivity index (χ1) is 6.79. The van der Waals surface area contributed by atoms with Crippen molar-refractivity contribution in [1.82, 2.24) is 0 Å². The Morgan fingerprint density at radius 2 is 1.73 bits per heavy atom. The number of hydrogen-bond acceptors (Lipinski definition) is 1. The summed E-state index contributed by atoms with van der Waals surface area (Å²) in [6.45, 7) is 8.68. The Kier molecular flexibility index (Phi) is 3.47. The Hall–Kier alpha value is -0.530. The molecule has 1 unspecified atom stereocenters. The van der Waals surface area contributed by atoms with E-state index in [-0.39, 0.29) is 16.7 Å². The van der Waals surface area contributed by atoms with E-state index in [9.17, 15) is 9.90 Å². The summed E-state index contributed by atoms with van der Waals surface area (Å²) in [5, 5.41) is 9.32. The van der Waals surface area contributed by atoms with Crippen LogP contribution >= 0.6 is 0 Å². The minimum atomic E-state index is -0.616. The molecule has 0 aliphatic heterocycles. The number of hydrogen-bond donors (Lipinski definition) is 1. The summed E-state index contributed by atoms with van der Waals surface area (Å²) in [6, 6.07) is 0. The predicted octanol–water partition coefficient (Wildman–Crippen LogP) is 3.70. The highest BCUT2D eigenvalue weighted by molar-refractivity contribution is 5.71. The van der Waals surface area contributed by atoms with Crippen molar-refractivity contribution in [3.8, 4) is 0 Å². The smallest absolute Gasteiger partial charge is 0.307 e. The van der Waals surface area contributed by atoms with Gasteiger partial charge in [-0.05, 0) is 23.7 Å². The Labute approximate surface area is 93.1 Å². The third kappa shape index (κ3) is 2.35. The molecule has 0 amide bonds. The fraction of sp³-hybridized carbons (Fsp3) is 0.923. The van der Waals surface area contributed by atoms with Gasteiger partial charge in [0.15, 0.2) is 0 Å². The lowest BCUT2D eigenvalue weighted by Gasteiger charge is -2.47. The number of carbonyl (C=O) groups is 1. The highest BCUT2D eigenvalue weighted by atomic mass is 16.4. The van der Waals surface area contributed by atoms with Crippen LogP contribution in [0.2, 0.25) is 0 Å². The van der Waals surface area contributed by atoms with Gasteiger partial charge in [0.05, 0.1) is 5.92 Å². The molecule has 0 heterocycles. The summed E-state index contributed by atoms with van der Waals surface area (Å²) < 4.78 is 0. The standard InChI is InChI=1S/C13H24O2/c1-12(2)9-7-5-6-8-10(11(14)15)13(12,3)4/h10H,5-9H2,1-4H3,(H,14,15). The minimum Gasteiger partial charge on any atom is -0.481 e. The van der Waals surface area contributed by atoms with E-state index < -0.39 is 5.97 Å². The number of carboxylic acids is 1. The van der Waals surface area contributed by atoms with E-state index in [1.807, 2.05) is 0 Å². The van der Waals surface area contributed by atoms with Crippen LogP contribution in [0.1, 0.15) is 59.8 Å². The highest BCUT2D eigenvalue weighted by Crippen LogP contribution is 2.50.